The molecule has 0 fully saturated rings. The minimum Gasteiger partial charge on any atom is -0.345 e. The van der Waals surface area contributed by atoms with Crippen LogP contribution in [0.15, 0.2) is 77.7 Å². The molecule has 0 aliphatic rings. The molecule has 0 unspecified atom stereocenters. The second-order valence-electron chi connectivity index (χ2n) is 6.96. The fourth-order valence-corrected chi connectivity index (χ4v) is 4.13. The molecule has 0 aromatic heterocycles. The smallest absolute Gasteiger partial charge is 0.262 e. The van der Waals surface area contributed by atoms with Gasteiger partial charge in [0.1, 0.15) is 5.82 Å². The van der Waals surface area contributed by atoms with Crippen molar-refractivity contribution in [1.29, 1.82) is 0 Å². The number of hydrogen-bond donors (Lipinski definition) is 2. The molecule has 156 valence electrons. The molecule has 1 amide bonds. The lowest BCUT2D eigenvalue weighted by atomic mass is 10.0. The molecule has 2 N–H and O–H groups in total. The van der Waals surface area contributed by atoms with E-state index >= 15 is 0 Å². The van der Waals surface area contributed by atoms with Gasteiger partial charge in [0.05, 0.1) is 16.6 Å². The van der Waals surface area contributed by atoms with Gasteiger partial charge in [-0.05, 0) is 49.2 Å². The predicted molar refractivity (Wildman–Crippen MR) is 115 cm³/mol. The van der Waals surface area contributed by atoms with E-state index in [1.807, 2.05) is 38.1 Å². The number of halogens is 1. The van der Waals surface area contributed by atoms with Crippen LogP contribution < -0.4 is 10.0 Å². The van der Waals surface area contributed by atoms with Crippen LogP contribution in [-0.4, -0.2) is 14.3 Å². The van der Waals surface area contributed by atoms with Crippen molar-refractivity contribution in [2.45, 2.75) is 31.2 Å². The highest BCUT2D eigenvalue weighted by atomic mass is 32.2. The number of rotatable bonds is 7. The topological polar surface area (TPSA) is 75.3 Å². The second kappa shape index (κ2) is 9.09. The molecule has 30 heavy (non-hydrogen) atoms. The van der Waals surface area contributed by atoms with Gasteiger partial charge in [0.25, 0.3) is 15.9 Å². The summed E-state index contributed by atoms with van der Waals surface area (Å²) in [6, 6.07) is 18.8. The molecule has 0 saturated carbocycles. The van der Waals surface area contributed by atoms with Crippen molar-refractivity contribution in [2.75, 3.05) is 4.72 Å². The van der Waals surface area contributed by atoms with Gasteiger partial charge in [-0.1, -0.05) is 55.0 Å². The van der Waals surface area contributed by atoms with Crippen LogP contribution in [0.5, 0.6) is 0 Å². The molecule has 3 aromatic rings. The lowest BCUT2D eigenvalue weighted by Crippen LogP contribution is -2.28. The van der Waals surface area contributed by atoms with E-state index in [2.05, 4.69) is 10.0 Å². The number of nitrogens with one attached hydrogen (secondary N) is 2. The van der Waals surface area contributed by atoms with E-state index in [0.717, 1.165) is 17.2 Å². The Morgan fingerprint density at radius 3 is 2.37 bits per heavy atom. The Bertz CT molecular complexity index is 1150. The predicted octanol–water partition coefficient (Wildman–Crippen LogP) is 4.82. The standard InChI is InChI=1S/C23H23FN2O3S/c1-3-21(17-13-11-16(2)12-14-17)25-23(27)18-7-6-8-19(15-18)30(28,29)26-22-10-5-4-9-20(22)24/h4-15,21,26H,3H2,1-2H3,(H,25,27)/t21-/m1/s1. The van der Waals surface area contributed by atoms with Crippen molar-refractivity contribution in [3.8, 4) is 0 Å². The number of carbonyl (C=O) groups excluding carboxylic acids is 1. The minimum absolute atomic E-state index is 0.123. The van der Waals surface area contributed by atoms with Crippen LogP contribution in [0.3, 0.4) is 0 Å². The molecule has 5 nitrogen and oxygen atoms in total. The summed E-state index contributed by atoms with van der Waals surface area (Å²) >= 11 is 0. The van der Waals surface area contributed by atoms with E-state index in [1.165, 1.54) is 36.4 Å². The van der Waals surface area contributed by atoms with Crippen molar-refractivity contribution < 1.29 is 17.6 Å². The van der Waals surface area contributed by atoms with Crippen molar-refractivity contribution in [3.05, 3.63) is 95.3 Å². The Balaban J connectivity index is 1.81. The van der Waals surface area contributed by atoms with E-state index in [0.29, 0.717) is 6.42 Å². The van der Waals surface area contributed by atoms with Gasteiger partial charge >= 0.3 is 0 Å². The molecule has 0 saturated heterocycles. The molecule has 0 radical (unpaired) electrons. The number of sulfonamides is 1. The zero-order valence-electron chi connectivity index (χ0n) is 16.7. The van der Waals surface area contributed by atoms with E-state index in [9.17, 15) is 17.6 Å². The van der Waals surface area contributed by atoms with Crippen LogP contribution in [0.2, 0.25) is 0 Å². The summed E-state index contributed by atoms with van der Waals surface area (Å²) in [5.74, 6) is -1.07. The molecule has 0 heterocycles. The Morgan fingerprint density at radius 2 is 1.70 bits per heavy atom. The van der Waals surface area contributed by atoms with Crippen molar-refractivity contribution in [2.24, 2.45) is 0 Å². The summed E-state index contributed by atoms with van der Waals surface area (Å²) in [4.78, 5) is 12.6. The molecule has 0 spiro atoms. The minimum atomic E-state index is -4.05. The zero-order valence-corrected chi connectivity index (χ0v) is 17.5. The number of anilines is 1. The van der Waals surface area contributed by atoms with Crippen molar-refractivity contribution in [3.63, 3.8) is 0 Å². The monoisotopic (exact) mass is 426 g/mol. The van der Waals surface area contributed by atoms with Crippen LogP contribution in [0.25, 0.3) is 0 Å². The van der Waals surface area contributed by atoms with Crippen LogP contribution in [0.4, 0.5) is 10.1 Å². The lowest BCUT2D eigenvalue weighted by molar-refractivity contribution is 0.0935. The van der Waals surface area contributed by atoms with E-state index in [4.69, 9.17) is 0 Å². The van der Waals surface area contributed by atoms with E-state index < -0.39 is 15.8 Å². The van der Waals surface area contributed by atoms with Gasteiger partial charge in [-0.25, -0.2) is 12.8 Å². The molecule has 0 aliphatic heterocycles. The zero-order chi connectivity index (χ0) is 21.7. The Morgan fingerprint density at radius 1 is 1.00 bits per heavy atom. The van der Waals surface area contributed by atoms with Gasteiger partial charge < -0.3 is 5.32 Å². The van der Waals surface area contributed by atoms with Gasteiger partial charge in [0.2, 0.25) is 0 Å². The molecule has 0 aliphatic carbocycles. The Hall–Kier alpha value is -3.19. The summed E-state index contributed by atoms with van der Waals surface area (Å²) in [7, 11) is -4.05. The summed E-state index contributed by atoms with van der Waals surface area (Å²) < 4.78 is 41.3. The largest absolute Gasteiger partial charge is 0.345 e. The molecule has 0 bridgehead atoms. The van der Waals surface area contributed by atoms with Crippen molar-refractivity contribution in [1.82, 2.24) is 5.32 Å². The number of para-hydroxylation sites is 1. The Kier molecular flexibility index (Phi) is 6.52. The quantitative estimate of drug-likeness (QED) is 0.569. The number of aryl methyl sites for hydroxylation is 1. The second-order valence-corrected chi connectivity index (χ2v) is 8.64. The van der Waals surface area contributed by atoms with Gasteiger partial charge in [-0.3, -0.25) is 9.52 Å². The fraction of sp³-hybridized carbons (Fsp3) is 0.174. The van der Waals surface area contributed by atoms with Crippen LogP contribution in [0, 0.1) is 12.7 Å². The molecular weight excluding hydrogens is 403 g/mol. The highest BCUT2D eigenvalue weighted by molar-refractivity contribution is 7.92. The summed E-state index contributed by atoms with van der Waals surface area (Å²) in [6.07, 6.45) is 0.682. The lowest BCUT2D eigenvalue weighted by Gasteiger charge is -2.18. The van der Waals surface area contributed by atoms with Gasteiger partial charge in [0.15, 0.2) is 0 Å². The first kappa shape index (κ1) is 21.5. The highest BCUT2D eigenvalue weighted by Gasteiger charge is 2.19. The molecular formula is C23H23FN2O3S. The first-order chi connectivity index (χ1) is 14.3. The van der Waals surface area contributed by atoms with E-state index in [-0.39, 0.29) is 28.1 Å². The molecule has 3 aromatic carbocycles. The normalized spacial score (nSPS) is 12.2. The van der Waals surface area contributed by atoms with Crippen LogP contribution in [0.1, 0.15) is 40.9 Å². The highest BCUT2D eigenvalue weighted by Crippen LogP contribution is 2.21. The van der Waals surface area contributed by atoms with Gasteiger partial charge in [-0.2, -0.15) is 0 Å². The summed E-state index contributed by atoms with van der Waals surface area (Å²) in [5, 5.41) is 2.94. The number of benzene rings is 3. The molecule has 3 rings (SSSR count). The van der Waals surface area contributed by atoms with Crippen LogP contribution in [-0.2, 0) is 10.0 Å². The maximum absolute atomic E-state index is 13.8. The average molecular weight is 427 g/mol. The first-order valence-corrected chi connectivity index (χ1v) is 11.0. The maximum Gasteiger partial charge on any atom is 0.262 e. The summed E-state index contributed by atoms with van der Waals surface area (Å²) in [5.41, 5.74) is 2.15. The SMILES string of the molecule is CC[C@@H](NC(=O)c1cccc(S(=O)(=O)Nc2ccccc2F)c1)c1ccc(C)cc1. The third kappa shape index (κ3) is 5.04. The van der Waals surface area contributed by atoms with Gasteiger partial charge in [-0.15, -0.1) is 0 Å². The number of amides is 1. The van der Waals surface area contributed by atoms with Crippen molar-refractivity contribution >= 4 is 21.6 Å². The fourth-order valence-electron chi connectivity index (χ4n) is 3.01. The summed E-state index contributed by atoms with van der Waals surface area (Å²) in [6.45, 7) is 3.95. The Labute approximate surface area is 176 Å². The molecule has 1 atom stereocenters. The maximum atomic E-state index is 13.8. The van der Waals surface area contributed by atoms with E-state index in [1.54, 1.807) is 6.07 Å². The first-order valence-electron chi connectivity index (χ1n) is 9.55. The van der Waals surface area contributed by atoms with Crippen LogP contribution >= 0.6 is 0 Å². The number of hydrogen-bond acceptors (Lipinski definition) is 3. The average Bonchev–Trinajstić information content (AvgIpc) is 2.74. The van der Waals surface area contributed by atoms with Gasteiger partial charge in [0, 0.05) is 5.56 Å². The third-order valence-electron chi connectivity index (χ3n) is 4.72. The third-order valence-corrected chi connectivity index (χ3v) is 6.08. The molecule has 7 heteroatoms. The number of carbonyl (C=O) groups is 1.